The van der Waals surface area contributed by atoms with Gasteiger partial charge in [0.2, 0.25) is 0 Å². The summed E-state index contributed by atoms with van der Waals surface area (Å²) >= 11 is 0. The maximum atomic E-state index is 12.0. The number of Topliss-reactive ketones (excluding diaryl/α,β-unsaturated/α-hetero) is 1. The van der Waals surface area contributed by atoms with E-state index in [1.165, 1.54) is 6.92 Å². The van der Waals surface area contributed by atoms with Crippen molar-refractivity contribution in [3.8, 4) is 0 Å². The van der Waals surface area contributed by atoms with Gasteiger partial charge in [0.05, 0.1) is 0 Å². The van der Waals surface area contributed by atoms with Crippen LogP contribution in [0.4, 0.5) is 16.2 Å². The molecule has 3 N–H and O–H groups in total. The van der Waals surface area contributed by atoms with Crippen molar-refractivity contribution in [1.82, 2.24) is 0 Å². The van der Waals surface area contributed by atoms with Crippen LogP contribution in [0.3, 0.4) is 0 Å². The zero-order valence-electron chi connectivity index (χ0n) is 12.3. The summed E-state index contributed by atoms with van der Waals surface area (Å²) in [5.41, 5.74) is 2.60. The van der Waals surface area contributed by atoms with Crippen LogP contribution < -0.4 is 10.6 Å². The average molecular weight is 298 g/mol. The van der Waals surface area contributed by atoms with E-state index in [9.17, 15) is 9.59 Å². The van der Waals surface area contributed by atoms with Gasteiger partial charge in [0.15, 0.2) is 5.78 Å². The third-order valence-corrected chi connectivity index (χ3v) is 3.17. The lowest BCUT2D eigenvalue weighted by molar-refractivity contribution is 0.101. The van der Waals surface area contributed by atoms with E-state index < -0.39 is 6.03 Å². The van der Waals surface area contributed by atoms with Gasteiger partial charge in [-0.3, -0.25) is 4.79 Å². The molecular weight excluding hydrogens is 280 g/mol. The summed E-state index contributed by atoms with van der Waals surface area (Å²) in [4.78, 5) is 23.4. The first-order valence-corrected chi connectivity index (χ1v) is 6.98. The van der Waals surface area contributed by atoms with Gasteiger partial charge in [0.1, 0.15) is 0 Å². The monoisotopic (exact) mass is 298 g/mol. The summed E-state index contributed by atoms with van der Waals surface area (Å²) in [6, 6.07) is 13.6. The summed E-state index contributed by atoms with van der Waals surface area (Å²) in [6.45, 7) is 1.49. The van der Waals surface area contributed by atoms with Gasteiger partial charge < -0.3 is 15.7 Å². The lowest BCUT2D eigenvalue weighted by atomic mass is 10.1. The molecule has 0 heterocycles. The molecule has 0 aliphatic heterocycles. The number of benzene rings is 2. The van der Waals surface area contributed by atoms with Gasteiger partial charge >= 0.3 is 6.03 Å². The molecule has 114 valence electrons. The second kappa shape index (κ2) is 7.38. The zero-order valence-corrected chi connectivity index (χ0v) is 12.3. The summed E-state index contributed by atoms with van der Waals surface area (Å²) in [5, 5.41) is 14.5. The summed E-state index contributed by atoms with van der Waals surface area (Å²) in [6.07, 6.45) is 0.469. The first-order valence-electron chi connectivity index (χ1n) is 6.98. The predicted octanol–water partition coefficient (Wildman–Crippen LogP) is 3.07. The molecular formula is C17H18N2O3. The summed E-state index contributed by atoms with van der Waals surface area (Å²) in [7, 11) is 0. The van der Waals surface area contributed by atoms with Crippen LogP contribution in [-0.4, -0.2) is 23.5 Å². The number of rotatable bonds is 5. The van der Waals surface area contributed by atoms with Gasteiger partial charge in [0.25, 0.3) is 0 Å². The summed E-state index contributed by atoms with van der Waals surface area (Å²) < 4.78 is 0. The number of ketones is 1. The molecule has 0 bridgehead atoms. The molecule has 0 saturated heterocycles. The van der Waals surface area contributed by atoms with Crippen LogP contribution in [0.5, 0.6) is 0 Å². The molecule has 2 amide bonds. The Hall–Kier alpha value is -2.66. The van der Waals surface area contributed by atoms with Crippen molar-refractivity contribution in [2.24, 2.45) is 0 Å². The minimum Gasteiger partial charge on any atom is -0.396 e. The number of amides is 2. The van der Waals surface area contributed by atoms with Crippen LogP contribution in [0.25, 0.3) is 0 Å². The number of aliphatic hydroxyl groups excluding tert-OH is 1. The van der Waals surface area contributed by atoms with Crippen LogP contribution in [-0.2, 0) is 6.42 Å². The molecule has 0 aliphatic carbocycles. The van der Waals surface area contributed by atoms with Crippen LogP contribution in [0.15, 0.2) is 48.5 Å². The fourth-order valence-corrected chi connectivity index (χ4v) is 2.08. The maximum absolute atomic E-state index is 12.0. The van der Waals surface area contributed by atoms with Crippen LogP contribution >= 0.6 is 0 Å². The lowest BCUT2D eigenvalue weighted by Crippen LogP contribution is -2.20. The topological polar surface area (TPSA) is 78.4 Å². The average Bonchev–Trinajstić information content (AvgIpc) is 2.49. The van der Waals surface area contributed by atoms with E-state index in [2.05, 4.69) is 10.6 Å². The highest BCUT2D eigenvalue weighted by Gasteiger charge is 2.07. The molecule has 2 aromatic rings. The second-order valence-corrected chi connectivity index (χ2v) is 4.85. The number of carbonyl (C=O) groups excluding carboxylic acids is 2. The molecule has 2 rings (SSSR count). The van der Waals surface area contributed by atoms with Crippen molar-refractivity contribution < 1.29 is 14.7 Å². The second-order valence-electron chi connectivity index (χ2n) is 4.85. The van der Waals surface area contributed by atoms with E-state index in [4.69, 9.17) is 5.11 Å². The molecule has 0 aromatic heterocycles. The van der Waals surface area contributed by atoms with E-state index in [0.717, 1.165) is 5.56 Å². The van der Waals surface area contributed by atoms with Crippen LogP contribution in [0.2, 0.25) is 0 Å². The van der Waals surface area contributed by atoms with Gasteiger partial charge in [-0.2, -0.15) is 0 Å². The zero-order chi connectivity index (χ0) is 15.9. The van der Waals surface area contributed by atoms with Crippen molar-refractivity contribution in [1.29, 1.82) is 0 Å². The van der Waals surface area contributed by atoms with Crippen molar-refractivity contribution in [3.63, 3.8) is 0 Å². The van der Waals surface area contributed by atoms with Crippen molar-refractivity contribution in [2.75, 3.05) is 17.2 Å². The molecule has 2 aromatic carbocycles. The highest BCUT2D eigenvalue weighted by atomic mass is 16.3. The van der Waals surface area contributed by atoms with Crippen molar-refractivity contribution >= 4 is 23.2 Å². The smallest absolute Gasteiger partial charge is 0.323 e. The SMILES string of the molecule is CC(=O)c1cccc(NC(=O)Nc2ccccc2CCO)c1. The normalized spacial score (nSPS) is 10.1. The molecule has 0 fully saturated rings. The van der Waals surface area contributed by atoms with Gasteiger partial charge in [-0.05, 0) is 37.1 Å². The fourth-order valence-electron chi connectivity index (χ4n) is 2.08. The Kier molecular flexibility index (Phi) is 5.27. The lowest BCUT2D eigenvalue weighted by Gasteiger charge is -2.11. The first-order chi connectivity index (χ1) is 10.6. The maximum Gasteiger partial charge on any atom is 0.323 e. The van der Waals surface area contributed by atoms with E-state index in [1.807, 2.05) is 18.2 Å². The molecule has 5 nitrogen and oxygen atoms in total. The third kappa shape index (κ3) is 4.17. The molecule has 0 saturated carbocycles. The number of hydrogen-bond donors (Lipinski definition) is 3. The number of urea groups is 1. The molecule has 0 spiro atoms. The van der Waals surface area contributed by atoms with Gasteiger partial charge in [-0.15, -0.1) is 0 Å². The number of nitrogens with one attached hydrogen (secondary N) is 2. The Bertz CT molecular complexity index is 683. The minimum atomic E-state index is -0.397. The fraction of sp³-hybridized carbons (Fsp3) is 0.176. The van der Waals surface area contributed by atoms with Gasteiger partial charge in [0, 0.05) is 23.5 Å². The summed E-state index contributed by atoms with van der Waals surface area (Å²) in [5.74, 6) is -0.0580. The number of aliphatic hydroxyl groups is 1. The molecule has 5 heteroatoms. The molecule has 0 radical (unpaired) electrons. The van der Waals surface area contributed by atoms with E-state index in [0.29, 0.717) is 23.4 Å². The van der Waals surface area contributed by atoms with Crippen LogP contribution in [0.1, 0.15) is 22.8 Å². The number of anilines is 2. The number of carbonyl (C=O) groups is 2. The Balaban J connectivity index is 2.07. The van der Waals surface area contributed by atoms with Gasteiger partial charge in [-0.25, -0.2) is 4.79 Å². The van der Waals surface area contributed by atoms with E-state index >= 15 is 0 Å². The van der Waals surface area contributed by atoms with E-state index in [1.54, 1.807) is 30.3 Å². The molecule has 0 aliphatic rings. The molecule has 22 heavy (non-hydrogen) atoms. The minimum absolute atomic E-state index is 0.0149. The Morgan fingerprint density at radius 1 is 1.05 bits per heavy atom. The Morgan fingerprint density at radius 3 is 2.55 bits per heavy atom. The van der Waals surface area contributed by atoms with Gasteiger partial charge in [-0.1, -0.05) is 30.3 Å². The molecule has 0 unspecified atom stereocenters. The highest BCUT2D eigenvalue weighted by Crippen LogP contribution is 2.17. The first kappa shape index (κ1) is 15.7. The molecule has 0 atom stereocenters. The number of para-hydroxylation sites is 1. The van der Waals surface area contributed by atoms with Crippen molar-refractivity contribution in [2.45, 2.75) is 13.3 Å². The Labute approximate surface area is 129 Å². The largest absolute Gasteiger partial charge is 0.396 e. The highest BCUT2D eigenvalue weighted by molar-refractivity contribution is 6.01. The Morgan fingerprint density at radius 2 is 1.82 bits per heavy atom. The van der Waals surface area contributed by atoms with E-state index in [-0.39, 0.29) is 12.4 Å². The third-order valence-electron chi connectivity index (χ3n) is 3.17. The quantitative estimate of drug-likeness (QED) is 0.742. The standard InChI is InChI=1S/C17H18N2O3/c1-12(21)14-6-4-7-15(11-14)18-17(22)19-16-8-3-2-5-13(16)9-10-20/h2-8,11,20H,9-10H2,1H3,(H2,18,19,22). The number of hydrogen-bond acceptors (Lipinski definition) is 3. The predicted molar refractivity (Wildman–Crippen MR) is 86.3 cm³/mol. The van der Waals surface area contributed by atoms with Crippen LogP contribution in [0, 0.1) is 0 Å². The van der Waals surface area contributed by atoms with Crippen molar-refractivity contribution in [3.05, 3.63) is 59.7 Å².